The molecule has 2 aromatic heterocycles. The summed E-state index contributed by atoms with van der Waals surface area (Å²) in [4.78, 5) is 70.4. The van der Waals surface area contributed by atoms with Crippen LogP contribution in [0.3, 0.4) is 0 Å². The third-order valence-corrected chi connectivity index (χ3v) is 8.47. The predicted octanol–water partition coefficient (Wildman–Crippen LogP) is 2.50. The standard InChI is InChI=1S/C37H59N9O9.Fe/c1-30(47)44(53)26-12-2-7-23-40-33(48)17-19-36(51)45(54)27-13-3-8-24-41-34(49)18-20-37(52)46(55)28-14-4-9-25-42-35(50)29-43(31-15-5-10-21-38-31)32-16-6-11-22-39-32;/h5-6,10-11,15-16,21-22,36,51,53-55H,2-4,7-9,12-14,17-20,23-29H2,1H3,(H,40,48)(H,41,49)(H,42,50);. The van der Waals surface area contributed by atoms with Crippen molar-refractivity contribution in [1.29, 1.82) is 0 Å². The third-order valence-electron chi connectivity index (χ3n) is 8.47. The maximum atomic E-state index is 12.6. The zero-order chi connectivity index (χ0) is 40.3. The minimum Gasteiger partial charge on any atom is -0.376 e. The summed E-state index contributed by atoms with van der Waals surface area (Å²) in [6.07, 6.45) is 7.69. The molecule has 0 radical (unpaired) electrons. The smallest absolute Gasteiger partial charge is 0.246 e. The van der Waals surface area contributed by atoms with Gasteiger partial charge in [-0.25, -0.2) is 20.1 Å². The van der Waals surface area contributed by atoms with Gasteiger partial charge in [0.05, 0.1) is 0 Å². The Morgan fingerprint density at radius 1 is 0.625 bits per heavy atom. The van der Waals surface area contributed by atoms with Gasteiger partial charge in [-0.2, -0.15) is 5.06 Å². The van der Waals surface area contributed by atoms with E-state index in [-0.39, 0.29) is 86.7 Å². The van der Waals surface area contributed by atoms with E-state index in [1.165, 1.54) is 6.92 Å². The normalized spacial score (nSPS) is 11.2. The molecule has 56 heavy (non-hydrogen) atoms. The SMILES string of the molecule is CC(=O)N(O)CCCCCNC(=O)CCC(O)N(O)CCCCCNC(=O)CCC(=O)N(O)CCCCCNC(=O)CN(c1ccccn1)c1ccccn1.[Fe]. The summed E-state index contributed by atoms with van der Waals surface area (Å²) < 4.78 is 0. The Hall–Kier alpha value is -4.23. The van der Waals surface area contributed by atoms with Crippen LogP contribution in [-0.4, -0.2) is 127 Å². The van der Waals surface area contributed by atoms with Crippen LogP contribution >= 0.6 is 0 Å². The van der Waals surface area contributed by atoms with Crippen LogP contribution < -0.4 is 20.9 Å². The van der Waals surface area contributed by atoms with Crippen molar-refractivity contribution in [2.45, 2.75) is 96.6 Å². The number of pyridine rings is 2. The van der Waals surface area contributed by atoms with E-state index in [1.54, 1.807) is 41.6 Å². The number of hydrogen-bond acceptors (Lipinski definition) is 13. The number of rotatable bonds is 29. The fourth-order valence-corrected chi connectivity index (χ4v) is 5.26. The zero-order valence-electron chi connectivity index (χ0n) is 32.2. The van der Waals surface area contributed by atoms with Crippen molar-refractivity contribution in [3.63, 3.8) is 0 Å². The van der Waals surface area contributed by atoms with Crippen molar-refractivity contribution in [3.8, 4) is 0 Å². The molecule has 1 atom stereocenters. The number of nitrogens with one attached hydrogen (secondary N) is 3. The number of aromatic nitrogens is 2. The first-order chi connectivity index (χ1) is 26.5. The molecule has 2 heterocycles. The average molecular weight is 830 g/mol. The van der Waals surface area contributed by atoms with E-state index in [9.17, 15) is 44.7 Å². The Morgan fingerprint density at radius 2 is 1.11 bits per heavy atom. The molecule has 18 nitrogen and oxygen atoms in total. The van der Waals surface area contributed by atoms with Gasteiger partial charge in [-0.15, -0.1) is 0 Å². The van der Waals surface area contributed by atoms with Gasteiger partial charge in [0.2, 0.25) is 29.5 Å². The molecule has 0 aliphatic heterocycles. The number of amides is 5. The summed E-state index contributed by atoms with van der Waals surface area (Å²) in [6.45, 7) is 3.09. The Labute approximate surface area is 339 Å². The second-order valence-electron chi connectivity index (χ2n) is 13.0. The molecule has 0 bridgehead atoms. The number of carbonyl (C=O) groups is 5. The minimum absolute atomic E-state index is 0. The first kappa shape index (κ1) is 49.8. The Bertz CT molecular complexity index is 1380. The maximum Gasteiger partial charge on any atom is 0.246 e. The van der Waals surface area contributed by atoms with Crippen molar-refractivity contribution in [2.75, 3.05) is 50.7 Å². The van der Waals surface area contributed by atoms with Crippen LogP contribution in [0.15, 0.2) is 48.8 Å². The Balaban J connectivity index is 0.0000157. The van der Waals surface area contributed by atoms with E-state index in [0.717, 1.165) is 11.5 Å². The average Bonchev–Trinajstić information content (AvgIpc) is 3.19. The molecule has 2 rings (SSSR count). The fourth-order valence-electron chi connectivity index (χ4n) is 5.26. The van der Waals surface area contributed by atoms with Crippen LogP contribution in [0.5, 0.6) is 0 Å². The molecule has 19 heteroatoms. The van der Waals surface area contributed by atoms with Gasteiger partial charge in [0.15, 0.2) is 0 Å². The molecule has 0 aromatic carbocycles. The zero-order valence-corrected chi connectivity index (χ0v) is 33.3. The molecule has 0 saturated heterocycles. The molecular formula is C37H59FeN9O9. The Morgan fingerprint density at radius 3 is 1.61 bits per heavy atom. The maximum absolute atomic E-state index is 12.6. The fraction of sp³-hybridized carbons (Fsp3) is 0.595. The van der Waals surface area contributed by atoms with Gasteiger partial charge >= 0.3 is 0 Å². The van der Waals surface area contributed by atoms with Crippen molar-refractivity contribution < 1.29 is 61.8 Å². The first-order valence-corrected chi connectivity index (χ1v) is 19.0. The molecule has 314 valence electrons. The van der Waals surface area contributed by atoms with Crippen LogP contribution in [0.4, 0.5) is 11.6 Å². The second-order valence-corrected chi connectivity index (χ2v) is 13.0. The summed E-state index contributed by atoms with van der Waals surface area (Å²) >= 11 is 0. The first-order valence-electron chi connectivity index (χ1n) is 19.0. The van der Waals surface area contributed by atoms with Gasteiger partial charge in [-0.05, 0) is 82.1 Å². The number of aliphatic hydroxyl groups excluding tert-OH is 1. The van der Waals surface area contributed by atoms with Gasteiger partial charge in [0, 0.05) is 94.9 Å². The van der Waals surface area contributed by atoms with E-state index in [2.05, 4.69) is 25.9 Å². The van der Waals surface area contributed by atoms with E-state index < -0.39 is 18.0 Å². The quantitative estimate of drug-likeness (QED) is 0.0205. The molecule has 1 unspecified atom stereocenters. The number of nitrogens with zero attached hydrogens (tertiary/aromatic N) is 6. The van der Waals surface area contributed by atoms with E-state index in [1.807, 2.05) is 12.1 Å². The number of unbranched alkanes of at least 4 members (excludes halogenated alkanes) is 6. The van der Waals surface area contributed by atoms with Gasteiger partial charge in [0.1, 0.15) is 24.4 Å². The third kappa shape index (κ3) is 22.4. The summed E-state index contributed by atoms with van der Waals surface area (Å²) in [6, 6.07) is 10.9. The molecule has 5 amide bonds. The van der Waals surface area contributed by atoms with Crippen molar-refractivity contribution in [1.82, 2.24) is 41.1 Å². The van der Waals surface area contributed by atoms with Gasteiger partial charge in [-0.3, -0.25) is 34.4 Å². The van der Waals surface area contributed by atoms with Gasteiger partial charge in [-0.1, -0.05) is 18.6 Å². The largest absolute Gasteiger partial charge is 0.376 e. The number of aliphatic hydroxyl groups is 1. The van der Waals surface area contributed by atoms with Gasteiger partial charge < -0.3 is 31.2 Å². The Kier molecular flexibility index (Phi) is 26.7. The van der Waals surface area contributed by atoms with Crippen LogP contribution in [-0.2, 0) is 41.0 Å². The van der Waals surface area contributed by atoms with Crippen LogP contribution in [0.25, 0.3) is 0 Å². The number of hydroxylamine groups is 6. The molecular weight excluding hydrogens is 770 g/mol. The molecule has 0 fully saturated rings. The summed E-state index contributed by atoms with van der Waals surface area (Å²) in [5, 5.41) is 50.0. The molecule has 0 aliphatic carbocycles. The predicted molar refractivity (Wildman–Crippen MR) is 202 cm³/mol. The minimum atomic E-state index is -1.19. The van der Waals surface area contributed by atoms with E-state index in [4.69, 9.17) is 0 Å². The van der Waals surface area contributed by atoms with Crippen LogP contribution in [0, 0.1) is 0 Å². The number of carbonyl (C=O) groups excluding carboxylic acids is 5. The van der Waals surface area contributed by atoms with Crippen molar-refractivity contribution in [3.05, 3.63) is 48.8 Å². The summed E-state index contributed by atoms with van der Waals surface area (Å²) in [5.74, 6) is -0.522. The molecule has 0 spiro atoms. The van der Waals surface area contributed by atoms with Crippen LogP contribution in [0.2, 0.25) is 0 Å². The topological polar surface area (TPSA) is 241 Å². The van der Waals surface area contributed by atoms with Gasteiger partial charge in [0.25, 0.3) is 0 Å². The molecule has 0 saturated carbocycles. The van der Waals surface area contributed by atoms with E-state index >= 15 is 0 Å². The molecule has 0 aliphatic rings. The number of hydrogen-bond donors (Lipinski definition) is 7. The molecule has 7 N–H and O–H groups in total. The van der Waals surface area contributed by atoms with Crippen molar-refractivity contribution >= 4 is 41.2 Å². The number of anilines is 2. The van der Waals surface area contributed by atoms with Crippen LogP contribution in [0.1, 0.15) is 90.4 Å². The molecule has 2 aromatic rings. The second kappa shape index (κ2) is 30.0. The monoisotopic (exact) mass is 829 g/mol. The summed E-state index contributed by atoms with van der Waals surface area (Å²) in [7, 11) is 0. The van der Waals surface area contributed by atoms with E-state index in [0.29, 0.717) is 92.8 Å². The van der Waals surface area contributed by atoms with Crippen molar-refractivity contribution in [2.24, 2.45) is 0 Å². The summed E-state index contributed by atoms with van der Waals surface area (Å²) in [5.41, 5.74) is 0.